The molecule has 1 amide bonds. The fourth-order valence-electron chi connectivity index (χ4n) is 3.56. The number of ether oxygens (including phenoxy) is 2. The van der Waals surface area contributed by atoms with Gasteiger partial charge in [0.25, 0.3) is 11.5 Å². The fraction of sp³-hybridized carbons (Fsp3) is 0.208. The van der Waals surface area contributed by atoms with Crippen molar-refractivity contribution in [3.63, 3.8) is 0 Å². The van der Waals surface area contributed by atoms with Gasteiger partial charge in [-0.3, -0.25) is 9.59 Å². The Hall–Kier alpha value is -4.07. The van der Waals surface area contributed by atoms with Crippen molar-refractivity contribution < 1.29 is 14.3 Å². The molecule has 8 nitrogen and oxygen atoms in total. The first kappa shape index (κ1) is 21.2. The Bertz CT molecular complexity index is 1280. The van der Waals surface area contributed by atoms with Crippen LogP contribution in [0.3, 0.4) is 0 Å². The SMILES string of the molecule is CCCn1cc(C(=O)Nc2cc(OC)ccc2OC)c2nn(-c3ccccc3)c(=O)c-2c1. The molecular formula is C24H24N4O4. The number of rotatable bonds is 7. The number of benzene rings is 2. The second kappa shape index (κ2) is 8.97. The van der Waals surface area contributed by atoms with Crippen molar-refractivity contribution in [1.29, 1.82) is 0 Å². The minimum Gasteiger partial charge on any atom is -0.497 e. The van der Waals surface area contributed by atoms with E-state index in [-0.39, 0.29) is 5.56 Å². The number of carbonyl (C=O) groups is 1. The maximum absolute atomic E-state index is 13.3. The van der Waals surface area contributed by atoms with Crippen LogP contribution in [0, 0.1) is 0 Å². The Morgan fingerprint density at radius 1 is 1.06 bits per heavy atom. The molecule has 1 N–H and O–H groups in total. The summed E-state index contributed by atoms with van der Waals surface area (Å²) >= 11 is 0. The van der Waals surface area contributed by atoms with Crippen LogP contribution in [0.1, 0.15) is 23.7 Å². The van der Waals surface area contributed by atoms with Crippen molar-refractivity contribution >= 4 is 11.6 Å². The molecule has 0 aromatic heterocycles. The van der Waals surface area contributed by atoms with Crippen LogP contribution in [0.4, 0.5) is 5.69 Å². The smallest absolute Gasteiger partial charge is 0.282 e. The monoisotopic (exact) mass is 432 g/mol. The molecule has 0 saturated carbocycles. The molecular weight excluding hydrogens is 408 g/mol. The normalized spacial score (nSPS) is 10.8. The molecule has 2 aromatic rings. The summed E-state index contributed by atoms with van der Waals surface area (Å²) in [5.74, 6) is 0.673. The lowest BCUT2D eigenvalue weighted by molar-refractivity contribution is 0.102. The van der Waals surface area contributed by atoms with Crippen LogP contribution in [0.5, 0.6) is 11.5 Å². The predicted molar refractivity (Wildman–Crippen MR) is 122 cm³/mol. The molecule has 32 heavy (non-hydrogen) atoms. The van der Waals surface area contributed by atoms with Gasteiger partial charge < -0.3 is 19.4 Å². The zero-order chi connectivity index (χ0) is 22.7. The molecule has 0 aliphatic carbocycles. The lowest BCUT2D eigenvalue weighted by Gasteiger charge is -2.14. The van der Waals surface area contributed by atoms with Crippen molar-refractivity contribution in [3.8, 4) is 28.4 Å². The fourth-order valence-corrected chi connectivity index (χ4v) is 3.56. The Labute approximate surface area is 185 Å². The minimum absolute atomic E-state index is 0.273. The number of aromatic nitrogens is 3. The standard InChI is InChI=1S/C24H24N4O4/c1-4-12-27-14-18(23(29)25-20-13-17(31-2)10-11-21(20)32-3)22-19(15-27)24(30)28(26-22)16-8-6-5-7-9-16/h5-11,13-15H,4,12H2,1-3H3,(H,25,29). The van der Waals surface area contributed by atoms with E-state index >= 15 is 0 Å². The third kappa shape index (κ3) is 3.94. The number of pyridine rings is 1. The molecule has 0 atom stereocenters. The average Bonchev–Trinajstić information content (AvgIpc) is 3.15. The molecule has 2 heterocycles. The topological polar surface area (TPSA) is 87.4 Å². The van der Waals surface area contributed by atoms with E-state index in [1.54, 1.807) is 49.8 Å². The zero-order valence-corrected chi connectivity index (χ0v) is 18.2. The average molecular weight is 432 g/mol. The summed E-state index contributed by atoms with van der Waals surface area (Å²) in [5.41, 5.74) is 1.84. The van der Waals surface area contributed by atoms with Crippen LogP contribution >= 0.6 is 0 Å². The summed E-state index contributed by atoms with van der Waals surface area (Å²) in [4.78, 5) is 26.5. The highest BCUT2D eigenvalue weighted by molar-refractivity contribution is 6.08. The van der Waals surface area contributed by atoms with E-state index in [1.165, 1.54) is 11.8 Å². The van der Waals surface area contributed by atoms with E-state index in [4.69, 9.17) is 9.47 Å². The molecule has 0 bridgehead atoms. The second-order valence-electron chi connectivity index (χ2n) is 7.24. The number of amides is 1. The van der Waals surface area contributed by atoms with Crippen LogP contribution in [-0.4, -0.2) is 34.5 Å². The van der Waals surface area contributed by atoms with E-state index in [0.717, 1.165) is 6.42 Å². The van der Waals surface area contributed by atoms with Gasteiger partial charge in [-0.1, -0.05) is 25.1 Å². The summed E-state index contributed by atoms with van der Waals surface area (Å²) in [6.07, 6.45) is 4.31. The maximum Gasteiger partial charge on any atom is 0.282 e. The number of methoxy groups -OCH3 is 2. The summed E-state index contributed by atoms with van der Waals surface area (Å²) in [6, 6.07) is 14.3. The van der Waals surface area contributed by atoms with Gasteiger partial charge in [-0.25, -0.2) is 0 Å². The molecule has 0 unspecified atom stereocenters. The number of carbonyl (C=O) groups excluding carboxylic acids is 1. The van der Waals surface area contributed by atoms with Crippen molar-refractivity contribution in [2.24, 2.45) is 0 Å². The van der Waals surface area contributed by atoms with Crippen LogP contribution in [0.2, 0.25) is 0 Å². The minimum atomic E-state index is -0.398. The van der Waals surface area contributed by atoms with Crippen molar-refractivity contribution in [2.45, 2.75) is 19.9 Å². The molecule has 2 aromatic carbocycles. The van der Waals surface area contributed by atoms with Crippen LogP contribution in [-0.2, 0) is 6.54 Å². The first-order valence-corrected chi connectivity index (χ1v) is 10.3. The van der Waals surface area contributed by atoms with E-state index in [9.17, 15) is 9.59 Å². The highest BCUT2D eigenvalue weighted by atomic mass is 16.5. The molecule has 0 spiro atoms. The molecule has 4 rings (SSSR count). The van der Waals surface area contributed by atoms with E-state index < -0.39 is 5.91 Å². The first-order valence-electron chi connectivity index (χ1n) is 10.3. The number of hydrogen-bond acceptors (Lipinski definition) is 5. The highest BCUT2D eigenvalue weighted by Crippen LogP contribution is 2.30. The summed E-state index contributed by atoms with van der Waals surface area (Å²) in [7, 11) is 3.08. The van der Waals surface area contributed by atoms with Crippen molar-refractivity contribution in [1.82, 2.24) is 14.3 Å². The first-order chi connectivity index (χ1) is 15.5. The molecule has 2 aliphatic rings. The predicted octanol–water partition coefficient (Wildman–Crippen LogP) is 3.82. The van der Waals surface area contributed by atoms with Gasteiger partial charge in [0.1, 0.15) is 17.2 Å². The van der Waals surface area contributed by atoms with Crippen molar-refractivity contribution in [3.05, 3.63) is 76.8 Å². The van der Waals surface area contributed by atoms with Gasteiger partial charge in [0.2, 0.25) is 0 Å². The number of hydrogen-bond donors (Lipinski definition) is 1. The second-order valence-corrected chi connectivity index (χ2v) is 7.24. The lowest BCUT2D eigenvalue weighted by Crippen LogP contribution is -2.18. The van der Waals surface area contributed by atoms with Gasteiger partial charge in [0, 0.05) is 25.0 Å². The summed E-state index contributed by atoms with van der Waals surface area (Å²) in [6.45, 7) is 2.69. The summed E-state index contributed by atoms with van der Waals surface area (Å²) in [5, 5.41) is 7.37. The van der Waals surface area contributed by atoms with Crippen molar-refractivity contribution in [2.75, 3.05) is 19.5 Å². The molecule has 2 aliphatic heterocycles. The van der Waals surface area contributed by atoms with E-state index in [0.29, 0.717) is 46.2 Å². The van der Waals surface area contributed by atoms with Gasteiger partial charge >= 0.3 is 0 Å². The highest BCUT2D eigenvalue weighted by Gasteiger charge is 2.25. The number of anilines is 1. The molecule has 0 saturated heterocycles. The maximum atomic E-state index is 13.3. The van der Waals surface area contributed by atoms with Crippen LogP contribution in [0.25, 0.3) is 16.9 Å². The molecule has 0 fully saturated rings. The Morgan fingerprint density at radius 3 is 2.53 bits per heavy atom. The third-order valence-electron chi connectivity index (χ3n) is 5.10. The van der Waals surface area contributed by atoms with Crippen LogP contribution in [0.15, 0.2) is 65.7 Å². The van der Waals surface area contributed by atoms with Gasteiger partial charge in [0.15, 0.2) is 0 Å². The molecule has 8 heteroatoms. The van der Waals surface area contributed by atoms with Gasteiger partial charge in [-0.2, -0.15) is 9.78 Å². The van der Waals surface area contributed by atoms with Gasteiger partial charge in [-0.05, 0) is 30.7 Å². The number of nitrogens with zero attached hydrogens (tertiary/aromatic N) is 3. The quantitative estimate of drug-likeness (QED) is 0.480. The van der Waals surface area contributed by atoms with E-state index in [1.807, 2.05) is 29.7 Å². The zero-order valence-electron chi connectivity index (χ0n) is 18.2. The van der Waals surface area contributed by atoms with Gasteiger partial charge in [0.05, 0.1) is 36.7 Å². The third-order valence-corrected chi connectivity index (χ3v) is 5.10. The van der Waals surface area contributed by atoms with Gasteiger partial charge in [-0.15, -0.1) is 0 Å². The number of para-hydroxylation sites is 1. The Kier molecular flexibility index (Phi) is 5.93. The summed E-state index contributed by atoms with van der Waals surface area (Å²) < 4.78 is 13.8. The van der Waals surface area contributed by atoms with E-state index in [2.05, 4.69) is 10.4 Å². The number of nitrogens with one attached hydrogen (secondary N) is 1. The number of aryl methyl sites for hydroxylation is 1. The molecule has 164 valence electrons. The Morgan fingerprint density at radius 2 is 1.84 bits per heavy atom. The van der Waals surface area contributed by atoms with Crippen LogP contribution < -0.4 is 20.3 Å². The molecule has 0 radical (unpaired) electrons. The lowest BCUT2D eigenvalue weighted by atomic mass is 10.1. The largest absolute Gasteiger partial charge is 0.497 e. The Balaban J connectivity index is 1.82. The number of fused-ring (bicyclic) bond motifs is 1.